The van der Waals surface area contributed by atoms with Gasteiger partial charge in [-0.3, -0.25) is 0 Å². The monoisotopic (exact) mass is 669 g/mol. The van der Waals surface area contributed by atoms with Crippen LogP contribution in [0.3, 0.4) is 0 Å². The standard InChI is InChI=1S/C52H31N/c1-2-6-28(7-3-1)29-16-19-38(20-17-29)53-43-9-5-4-8-39(43)41-25-30(18-21-44(41)53)40-27-37-24-35-13-12-33-22-31-10-11-32-23-34-14-15-36-26-42(40)52-50(36)48(34)46(32)45(31)47(33)49(35)51(37)52/h1-21,25,27H,22-24,26H2. The number of hydrogen-bond donors (Lipinski definition) is 0. The summed E-state index contributed by atoms with van der Waals surface area (Å²) in [5.74, 6) is 0. The van der Waals surface area contributed by atoms with Gasteiger partial charge in [-0.1, -0.05) is 103 Å². The van der Waals surface area contributed by atoms with Crippen LogP contribution in [0.5, 0.6) is 0 Å². The molecule has 244 valence electrons. The van der Waals surface area contributed by atoms with Crippen LogP contribution in [-0.4, -0.2) is 4.57 Å². The van der Waals surface area contributed by atoms with E-state index in [4.69, 9.17) is 0 Å². The van der Waals surface area contributed by atoms with Gasteiger partial charge in [0.05, 0.1) is 11.0 Å². The average Bonchev–Trinajstić information content (AvgIpc) is 4.01. The molecule has 8 aromatic carbocycles. The molecule has 0 amide bonds. The van der Waals surface area contributed by atoms with Crippen molar-refractivity contribution in [1.82, 2.24) is 4.57 Å². The molecule has 1 heteroatoms. The van der Waals surface area contributed by atoms with Gasteiger partial charge in [0, 0.05) is 16.5 Å². The zero-order valence-electron chi connectivity index (χ0n) is 29.1. The molecule has 0 radical (unpaired) electrons. The zero-order chi connectivity index (χ0) is 34.1. The third kappa shape index (κ3) is 3.27. The van der Waals surface area contributed by atoms with Crippen LogP contribution < -0.4 is 0 Å². The maximum atomic E-state index is 2.59. The van der Waals surface area contributed by atoms with Crippen LogP contribution in [0.15, 0.2) is 140 Å². The largest absolute Gasteiger partial charge is 0.309 e. The summed E-state index contributed by atoms with van der Waals surface area (Å²) in [6.45, 7) is 0. The summed E-state index contributed by atoms with van der Waals surface area (Å²) in [5, 5.41) is 2.61. The minimum absolute atomic E-state index is 0.989. The first-order valence-corrected chi connectivity index (χ1v) is 19.1. The van der Waals surface area contributed by atoms with E-state index in [1.165, 1.54) is 111 Å². The second-order valence-corrected chi connectivity index (χ2v) is 15.9. The van der Waals surface area contributed by atoms with Crippen molar-refractivity contribution in [2.75, 3.05) is 0 Å². The highest BCUT2D eigenvalue weighted by Gasteiger charge is 2.42. The van der Waals surface area contributed by atoms with E-state index in [0.29, 0.717) is 0 Å². The fourth-order valence-electron chi connectivity index (χ4n) is 11.2. The molecule has 1 aromatic heterocycles. The van der Waals surface area contributed by atoms with Crippen LogP contribution in [0.25, 0.3) is 94.3 Å². The van der Waals surface area contributed by atoms with Crippen LogP contribution in [0.2, 0.25) is 0 Å². The molecule has 0 bridgehead atoms. The van der Waals surface area contributed by atoms with Crippen molar-refractivity contribution >= 4 is 21.8 Å². The molecule has 0 saturated heterocycles. The Bertz CT molecular complexity index is 3190. The maximum absolute atomic E-state index is 2.59. The Morgan fingerprint density at radius 1 is 0.321 bits per heavy atom. The van der Waals surface area contributed by atoms with Gasteiger partial charge in [-0.15, -0.1) is 0 Å². The lowest BCUT2D eigenvalue weighted by molar-refractivity contribution is 1.18. The second-order valence-electron chi connectivity index (χ2n) is 15.9. The van der Waals surface area contributed by atoms with Gasteiger partial charge in [0.2, 0.25) is 0 Å². The molecule has 1 nitrogen and oxygen atoms in total. The molecule has 0 saturated carbocycles. The topological polar surface area (TPSA) is 4.93 Å². The van der Waals surface area contributed by atoms with Crippen molar-refractivity contribution in [1.29, 1.82) is 0 Å². The highest BCUT2D eigenvalue weighted by Crippen LogP contribution is 2.63. The van der Waals surface area contributed by atoms with Crippen LogP contribution in [0.1, 0.15) is 44.5 Å². The van der Waals surface area contributed by atoms with Crippen LogP contribution in [0.4, 0.5) is 0 Å². The van der Waals surface area contributed by atoms with Gasteiger partial charge in [0.25, 0.3) is 0 Å². The van der Waals surface area contributed by atoms with E-state index in [1.807, 2.05) is 0 Å². The second kappa shape index (κ2) is 9.31. The van der Waals surface area contributed by atoms with Crippen molar-refractivity contribution in [3.05, 3.63) is 184 Å². The predicted molar refractivity (Wildman–Crippen MR) is 218 cm³/mol. The van der Waals surface area contributed by atoms with Crippen molar-refractivity contribution in [3.8, 4) is 72.4 Å². The van der Waals surface area contributed by atoms with Crippen LogP contribution >= 0.6 is 0 Å². The van der Waals surface area contributed by atoms with Gasteiger partial charge < -0.3 is 4.57 Å². The van der Waals surface area contributed by atoms with Gasteiger partial charge >= 0.3 is 0 Å². The van der Waals surface area contributed by atoms with Gasteiger partial charge in [-0.2, -0.15) is 0 Å². The van der Waals surface area contributed by atoms with Gasteiger partial charge in [-0.25, -0.2) is 0 Å². The van der Waals surface area contributed by atoms with E-state index in [9.17, 15) is 0 Å². The predicted octanol–water partition coefficient (Wildman–Crippen LogP) is 12.7. The lowest BCUT2D eigenvalue weighted by Gasteiger charge is -2.23. The third-order valence-electron chi connectivity index (χ3n) is 13.4. The molecule has 1 heterocycles. The highest BCUT2D eigenvalue weighted by atomic mass is 15.0. The van der Waals surface area contributed by atoms with Gasteiger partial charge in [0.1, 0.15) is 0 Å². The molecule has 0 N–H and O–H groups in total. The van der Waals surface area contributed by atoms with E-state index < -0.39 is 0 Å². The number of rotatable bonds is 3. The first kappa shape index (κ1) is 27.2. The number of aromatic nitrogens is 1. The van der Waals surface area contributed by atoms with Gasteiger partial charge in [0.15, 0.2) is 0 Å². The summed E-state index contributed by atoms with van der Waals surface area (Å²) >= 11 is 0. The minimum Gasteiger partial charge on any atom is -0.309 e. The van der Waals surface area contributed by atoms with Crippen molar-refractivity contribution < 1.29 is 0 Å². The Morgan fingerprint density at radius 3 is 1.47 bits per heavy atom. The third-order valence-corrected chi connectivity index (χ3v) is 13.4. The molecule has 5 aliphatic carbocycles. The maximum Gasteiger partial charge on any atom is 0.0541 e. The molecule has 0 fully saturated rings. The van der Waals surface area contributed by atoms with Crippen LogP contribution in [0, 0.1) is 0 Å². The SMILES string of the molecule is c1ccc(-c2ccc(-n3c4ccccc4c4cc(-c5cc6c7c8c5Cc5ccc9c(c5-8)-c5c(ccc8c5-c5c(ccc(c5-7)C6)C8)C9)ccc43)cc2)cc1. The first-order valence-electron chi connectivity index (χ1n) is 19.1. The van der Waals surface area contributed by atoms with E-state index in [0.717, 1.165) is 25.7 Å². The molecule has 0 spiro atoms. The minimum atomic E-state index is 0.989. The Kier molecular flexibility index (Phi) is 4.79. The molecule has 0 atom stereocenters. The number of nitrogens with zero attached hydrogens (tertiary/aromatic N) is 1. The van der Waals surface area contributed by atoms with E-state index in [1.54, 1.807) is 27.8 Å². The molecule has 53 heavy (non-hydrogen) atoms. The Labute approximate surface area is 307 Å². The normalized spacial score (nSPS) is 14.1. The smallest absolute Gasteiger partial charge is 0.0541 e. The molecular formula is C52H31N. The van der Waals surface area contributed by atoms with E-state index in [-0.39, 0.29) is 0 Å². The summed E-state index contributed by atoms with van der Waals surface area (Å²) in [7, 11) is 0. The van der Waals surface area contributed by atoms with Gasteiger partial charge in [-0.05, 0) is 173 Å². The molecule has 0 unspecified atom stereocenters. The number of fused-ring (bicyclic) bond motifs is 3. The lowest BCUT2D eigenvalue weighted by Crippen LogP contribution is -1.98. The summed E-state index contributed by atoms with van der Waals surface area (Å²) in [6, 6.07) is 53.2. The number of benzene rings is 8. The number of hydrogen-bond acceptors (Lipinski definition) is 0. The van der Waals surface area contributed by atoms with E-state index in [2.05, 4.69) is 144 Å². The Balaban J connectivity index is 1.01. The zero-order valence-corrected chi connectivity index (χ0v) is 29.1. The quantitative estimate of drug-likeness (QED) is 0.176. The molecule has 9 aromatic rings. The molecular weight excluding hydrogens is 639 g/mol. The summed E-state index contributed by atoms with van der Waals surface area (Å²) in [5.41, 5.74) is 33.3. The fourth-order valence-corrected chi connectivity index (χ4v) is 11.2. The molecule has 14 rings (SSSR count). The molecule has 0 aliphatic heterocycles. The molecule has 5 aliphatic rings. The average molecular weight is 670 g/mol. The first-order chi connectivity index (χ1) is 26.3. The van der Waals surface area contributed by atoms with E-state index >= 15 is 0 Å². The van der Waals surface area contributed by atoms with Crippen molar-refractivity contribution in [2.24, 2.45) is 0 Å². The Morgan fingerprint density at radius 2 is 0.811 bits per heavy atom. The fraction of sp³-hybridized carbons (Fsp3) is 0.0769. The Hall–Kier alpha value is -6.44. The summed E-state index contributed by atoms with van der Waals surface area (Å²) in [4.78, 5) is 0. The highest BCUT2D eigenvalue weighted by molar-refractivity contribution is 6.15. The van der Waals surface area contributed by atoms with Crippen molar-refractivity contribution in [2.45, 2.75) is 25.7 Å². The van der Waals surface area contributed by atoms with Crippen LogP contribution in [-0.2, 0) is 25.7 Å². The number of para-hydroxylation sites is 1. The lowest BCUT2D eigenvalue weighted by atomic mass is 9.80. The summed E-state index contributed by atoms with van der Waals surface area (Å²) in [6.07, 6.45) is 4.09. The van der Waals surface area contributed by atoms with Crippen molar-refractivity contribution in [3.63, 3.8) is 0 Å². The summed E-state index contributed by atoms with van der Waals surface area (Å²) < 4.78 is 2.45.